The highest BCUT2D eigenvalue weighted by Gasteiger charge is 2.10. The van der Waals surface area contributed by atoms with Crippen molar-refractivity contribution in [3.05, 3.63) is 109 Å². The molecular weight excluding hydrogens is 376 g/mol. The number of amides is 1. The van der Waals surface area contributed by atoms with Crippen LogP contribution in [-0.2, 0) is 6.54 Å². The van der Waals surface area contributed by atoms with Crippen LogP contribution in [0.4, 0.5) is 11.4 Å². The molecule has 4 aromatic rings. The highest BCUT2D eigenvalue weighted by Crippen LogP contribution is 2.31. The van der Waals surface area contributed by atoms with Gasteiger partial charge in [0.2, 0.25) is 0 Å². The Labute approximate surface area is 174 Å². The SMILES string of the molecule is O=C(NCc1ccncc1)c1cc(Nc2ccccc2Oc2ccccc2)ccn1. The Morgan fingerprint density at radius 3 is 2.47 bits per heavy atom. The molecule has 2 aromatic heterocycles. The lowest BCUT2D eigenvalue weighted by Crippen LogP contribution is -2.23. The molecule has 0 fully saturated rings. The molecule has 2 N–H and O–H groups in total. The van der Waals surface area contributed by atoms with E-state index in [1.54, 1.807) is 30.7 Å². The molecule has 4 rings (SSSR count). The zero-order valence-electron chi connectivity index (χ0n) is 16.2. The molecule has 2 heterocycles. The number of anilines is 2. The monoisotopic (exact) mass is 396 g/mol. The summed E-state index contributed by atoms with van der Waals surface area (Å²) in [7, 11) is 0. The third-order valence-corrected chi connectivity index (χ3v) is 4.33. The van der Waals surface area contributed by atoms with Gasteiger partial charge in [-0.25, -0.2) is 0 Å². The highest BCUT2D eigenvalue weighted by atomic mass is 16.5. The Hall–Kier alpha value is -4.19. The number of rotatable bonds is 7. The van der Waals surface area contributed by atoms with Gasteiger partial charge in [0.05, 0.1) is 5.69 Å². The number of aromatic nitrogens is 2. The van der Waals surface area contributed by atoms with Crippen LogP contribution < -0.4 is 15.4 Å². The van der Waals surface area contributed by atoms with Gasteiger partial charge in [-0.2, -0.15) is 0 Å². The lowest BCUT2D eigenvalue weighted by Gasteiger charge is -2.13. The number of pyridine rings is 2. The van der Waals surface area contributed by atoms with Crippen molar-refractivity contribution in [1.82, 2.24) is 15.3 Å². The van der Waals surface area contributed by atoms with Gasteiger partial charge in [0.1, 0.15) is 11.4 Å². The van der Waals surface area contributed by atoms with Crippen LogP contribution in [0.1, 0.15) is 16.1 Å². The van der Waals surface area contributed by atoms with Gasteiger partial charge in [-0.05, 0) is 54.1 Å². The fourth-order valence-electron chi connectivity index (χ4n) is 2.84. The molecule has 0 aliphatic rings. The van der Waals surface area contributed by atoms with Crippen molar-refractivity contribution in [2.24, 2.45) is 0 Å². The molecule has 0 saturated heterocycles. The molecule has 0 spiro atoms. The largest absolute Gasteiger partial charge is 0.455 e. The number of ether oxygens (including phenoxy) is 1. The zero-order chi connectivity index (χ0) is 20.6. The van der Waals surface area contributed by atoms with Crippen LogP contribution in [0.3, 0.4) is 0 Å². The first kappa shape index (κ1) is 19.1. The van der Waals surface area contributed by atoms with Crippen LogP contribution in [0.15, 0.2) is 97.5 Å². The van der Waals surface area contributed by atoms with Crippen LogP contribution >= 0.6 is 0 Å². The van der Waals surface area contributed by atoms with Gasteiger partial charge >= 0.3 is 0 Å². The predicted molar refractivity (Wildman–Crippen MR) is 116 cm³/mol. The van der Waals surface area contributed by atoms with Crippen molar-refractivity contribution in [1.29, 1.82) is 0 Å². The van der Waals surface area contributed by atoms with Crippen molar-refractivity contribution < 1.29 is 9.53 Å². The molecule has 6 heteroatoms. The number of carbonyl (C=O) groups excluding carboxylic acids is 1. The third kappa shape index (κ3) is 4.99. The molecule has 0 aliphatic carbocycles. The summed E-state index contributed by atoms with van der Waals surface area (Å²) >= 11 is 0. The summed E-state index contributed by atoms with van der Waals surface area (Å²) in [6.45, 7) is 0.411. The Balaban J connectivity index is 1.46. The first-order valence-electron chi connectivity index (χ1n) is 9.50. The molecule has 6 nitrogen and oxygen atoms in total. The van der Waals surface area contributed by atoms with Gasteiger partial charge in [0.15, 0.2) is 5.75 Å². The van der Waals surface area contributed by atoms with E-state index in [1.165, 1.54) is 0 Å². The van der Waals surface area contributed by atoms with Crippen molar-refractivity contribution >= 4 is 17.3 Å². The molecule has 0 atom stereocenters. The molecule has 1 amide bonds. The van der Waals surface area contributed by atoms with Crippen LogP contribution in [0.5, 0.6) is 11.5 Å². The molecule has 2 aromatic carbocycles. The summed E-state index contributed by atoms with van der Waals surface area (Å²) in [4.78, 5) is 20.6. The first-order chi connectivity index (χ1) is 14.8. The van der Waals surface area contributed by atoms with Gasteiger partial charge in [-0.3, -0.25) is 14.8 Å². The maximum atomic E-state index is 12.5. The topological polar surface area (TPSA) is 76.1 Å². The summed E-state index contributed by atoms with van der Waals surface area (Å²) in [6.07, 6.45) is 4.99. The first-order valence-corrected chi connectivity index (χ1v) is 9.50. The second-order valence-corrected chi connectivity index (χ2v) is 6.50. The van der Waals surface area contributed by atoms with E-state index in [-0.39, 0.29) is 5.91 Å². The highest BCUT2D eigenvalue weighted by molar-refractivity contribution is 5.93. The van der Waals surface area contributed by atoms with Crippen LogP contribution in [-0.4, -0.2) is 15.9 Å². The standard InChI is InChI=1S/C24H20N4O2/c29-24(27-17-18-10-13-25-14-11-18)22-16-19(12-15-26-22)28-21-8-4-5-9-23(21)30-20-6-2-1-3-7-20/h1-16H,17H2,(H,26,28)(H,27,29). The summed E-state index contributed by atoms with van der Waals surface area (Å²) in [5, 5.41) is 6.18. The number of carbonyl (C=O) groups is 1. The van der Waals surface area contributed by atoms with E-state index in [1.807, 2.05) is 66.7 Å². The van der Waals surface area contributed by atoms with Gasteiger partial charge < -0.3 is 15.4 Å². The predicted octanol–water partition coefficient (Wildman–Crippen LogP) is 4.94. The normalized spacial score (nSPS) is 10.3. The number of para-hydroxylation sites is 3. The smallest absolute Gasteiger partial charge is 0.270 e. The third-order valence-electron chi connectivity index (χ3n) is 4.33. The summed E-state index contributed by atoms with van der Waals surface area (Å²) in [6, 6.07) is 24.4. The minimum absolute atomic E-state index is 0.246. The maximum absolute atomic E-state index is 12.5. The van der Waals surface area contributed by atoms with Gasteiger partial charge in [0, 0.05) is 30.8 Å². The molecule has 0 radical (unpaired) electrons. The van der Waals surface area contributed by atoms with Crippen molar-refractivity contribution in [2.45, 2.75) is 6.54 Å². The van der Waals surface area contributed by atoms with Crippen LogP contribution in [0, 0.1) is 0 Å². The average Bonchev–Trinajstić information content (AvgIpc) is 2.80. The molecule has 0 aliphatic heterocycles. The molecule has 0 saturated carbocycles. The number of nitrogens with zero attached hydrogens (tertiary/aromatic N) is 2. The molecule has 30 heavy (non-hydrogen) atoms. The minimum atomic E-state index is -0.246. The number of hydrogen-bond donors (Lipinski definition) is 2. The Morgan fingerprint density at radius 2 is 1.63 bits per heavy atom. The van der Waals surface area contributed by atoms with E-state index in [0.29, 0.717) is 18.0 Å². The number of nitrogens with one attached hydrogen (secondary N) is 2. The Morgan fingerprint density at radius 1 is 0.867 bits per heavy atom. The van der Waals surface area contributed by atoms with Crippen molar-refractivity contribution in [3.8, 4) is 11.5 Å². The lowest BCUT2D eigenvalue weighted by atomic mass is 10.2. The second kappa shape index (κ2) is 9.34. The molecule has 0 unspecified atom stereocenters. The molecule has 0 bridgehead atoms. The fourth-order valence-corrected chi connectivity index (χ4v) is 2.84. The van der Waals surface area contributed by atoms with Gasteiger partial charge in [0.25, 0.3) is 5.91 Å². The van der Waals surface area contributed by atoms with Crippen LogP contribution in [0.2, 0.25) is 0 Å². The van der Waals surface area contributed by atoms with Gasteiger partial charge in [-0.1, -0.05) is 30.3 Å². The van der Waals surface area contributed by atoms with Gasteiger partial charge in [-0.15, -0.1) is 0 Å². The Bertz CT molecular complexity index is 1120. The summed E-state index contributed by atoms with van der Waals surface area (Å²) < 4.78 is 5.98. The Kier molecular flexibility index (Phi) is 5.96. The average molecular weight is 396 g/mol. The van der Waals surface area contributed by atoms with Crippen molar-refractivity contribution in [2.75, 3.05) is 5.32 Å². The van der Waals surface area contributed by atoms with E-state index in [9.17, 15) is 4.79 Å². The van der Waals surface area contributed by atoms with E-state index >= 15 is 0 Å². The molecule has 148 valence electrons. The lowest BCUT2D eigenvalue weighted by molar-refractivity contribution is 0.0946. The van der Waals surface area contributed by atoms with E-state index < -0.39 is 0 Å². The van der Waals surface area contributed by atoms with E-state index in [4.69, 9.17) is 4.74 Å². The van der Waals surface area contributed by atoms with Crippen LogP contribution in [0.25, 0.3) is 0 Å². The number of hydrogen-bond acceptors (Lipinski definition) is 5. The second-order valence-electron chi connectivity index (χ2n) is 6.50. The van der Waals surface area contributed by atoms with E-state index in [2.05, 4.69) is 20.6 Å². The van der Waals surface area contributed by atoms with E-state index in [0.717, 1.165) is 22.7 Å². The fraction of sp³-hybridized carbons (Fsp3) is 0.0417. The minimum Gasteiger partial charge on any atom is -0.455 e. The zero-order valence-corrected chi connectivity index (χ0v) is 16.2. The van der Waals surface area contributed by atoms with Crippen molar-refractivity contribution in [3.63, 3.8) is 0 Å². The summed E-state index contributed by atoms with van der Waals surface area (Å²) in [5.41, 5.74) is 2.83. The summed E-state index contributed by atoms with van der Waals surface area (Å²) in [5.74, 6) is 1.19. The number of benzene rings is 2. The quantitative estimate of drug-likeness (QED) is 0.463. The maximum Gasteiger partial charge on any atom is 0.270 e. The molecular formula is C24H20N4O2.